The van der Waals surface area contributed by atoms with Crippen LogP contribution in [-0.4, -0.2) is 65.5 Å². The number of carbonyl (C=O) groups excluding carboxylic acids is 3. The van der Waals surface area contributed by atoms with E-state index >= 15 is 0 Å². The number of hydrogen-bond acceptors (Lipinski definition) is 5. The Morgan fingerprint density at radius 1 is 1.32 bits per heavy atom. The van der Waals surface area contributed by atoms with Gasteiger partial charge in [0.25, 0.3) is 11.8 Å². The Balaban J connectivity index is 1.67. The van der Waals surface area contributed by atoms with Crippen LogP contribution in [0.2, 0.25) is 0 Å². The molecule has 2 aliphatic rings. The zero-order valence-corrected chi connectivity index (χ0v) is 14.2. The van der Waals surface area contributed by atoms with Crippen LogP contribution in [0.4, 0.5) is 4.79 Å². The van der Waals surface area contributed by atoms with Gasteiger partial charge in [-0.15, -0.1) is 0 Å². The average molecular weight is 347 g/mol. The first-order chi connectivity index (χ1) is 11.9. The molecule has 4 amide bonds. The van der Waals surface area contributed by atoms with Crippen molar-refractivity contribution in [1.29, 1.82) is 0 Å². The normalized spacial score (nSPS) is 20.6. The van der Waals surface area contributed by atoms with Crippen LogP contribution < -0.4 is 10.1 Å². The van der Waals surface area contributed by atoms with E-state index in [-0.39, 0.29) is 5.91 Å². The summed E-state index contributed by atoms with van der Waals surface area (Å²) in [6.45, 7) is 0.583. The standard InChI is InChI=1S/C17H21N3O5/c1-19-15(23)17(18-16(19)24)6-8-20(9-7-17)14(22)13(21)11-4-3-5-12(10-11)25-2/h3-5,10,13,21H,6-9H2,1-2H3,(H,18,24). The molecule has 134 valence electrons. The summed E-state index contributed by atoms with van der Waals surface area (Å²) in [7, 11) is 2.96. The second-order valence-corrected chi connectivity index (χ2v) is 6.38. The van der Waals surface area contributed by atoms with Crippen LogP contribution in [-0.2, 0) is 9.59 Å². The minimum Gasteiger partial charge on any atom is -0.497 e. The third kappa shape index (κ3) is 2.93. The molecule has 0 radical (unpaired) electrons. The van der Waals surface area contributed by atoms with Gasteiger partial charge in [0.05, 0.1) is 7.11 Å². The van der Waals surface area contributed by atoms with E-state index in [0.29, 0.717) is 37.2 Å². The van der Waals surface area contributed by atoms with E-state index in [1.54, 1.807) is 24.3 Å². The largest absolute Gasteiger partial charge is 0.497 e. The number of hydrogen-bond donors (Lipinski definition) is 2. The van der Waals surface area contributed by atoms with Crippen molar-refractivity contribution in [2.24, 2.45) is 0 Å². The highest BCUT2D eigenvalue weighted by molar-refractivity contribution is 6.06. The summed E-state index contributed by atoms with van der Waals surface area (Å²) in [4.78, 5) is 39.1. The smallest absolute Gasteiger partial charge is 0.324 e. The number of urea groups is 1. The molecule has 0 aromatic heterocycles. The van der Waals surface area contributed by atoms with E-state index in [1.165, 1.54) is 19.1 Å². The molecule has 2 heterocycles. The number of imide groups is 1. The Morgan fingerprint density at radius 3 is 2.56 bits per heavy atom. The first kappa shape index (κ1) is 17.2. The number of rotatable bonds is 3. The van der Waals surface area contributed by atoms with Crippen LogP contribution in [0.1, 0.15) is 24.5 Å². The molecule has 1 aromatic rings. The van der Waals surface area contributed by atoms with E-state index in [9.17, 15) is 19.5 Å². The van der Waals surface area contributed by atoms with Gasteiger partial charge in [-0.1, -0.05) is 12.1 Å². The number of amides is 4. The van der Waals surface area contributed by atoms with Gasteiger partial charge in [-0.25, -0.2) is 4.79 Å². The van der Waals surface area contributed by atoms with Crippen LogP contribution in [0.5, 0.6) is 5.75 Å². The second kappa shape index (κ2) is 6.36. The molecule has 25 heavy (non-hydrogen) atoms. The SMILES string of the molecule is COc1cccc(C(O)C(=O)N2CCC3(CC2)NC(=O)N(C)C3=O)c1. The summed E-state index contributed by atoms with van der Waals surface area (Å²) in [5.74, 6) is -0.129. The molecule has 0 saturated carbocycles. The number of methoxy groups -OCH3 is 1. The van der Waals surface area contributed by atoms with Gasteiger partial charge >= 0.3 is 6.03 Å². The van der Waals surface area contributed by atoms with Gasteiger partial charge in [0.1, 0.15) is 11.3 Å². The monoisotopic (exact) mass is 347 g/mol. The van der Waals surface area contributed by atoms with E-state index in [0.717, 1.165) is 4.90 Å². The lowest BCUT2D eigenvalue weighted by Gasteiger charge is -2.37. The fourth-order valence-corrected chi connectivity index (χ4v) is 3.33. The van der Waals surface area contributed by atoms with Crippen LogP contribution >= 0.6 is 0 Å². The fourth-order valence-electron chi connectivity index (χ4n) is 3.33. The number of aliphatic hydroxyl groups is 1. The molecule has 3 rings (SSSR count). The maximum absolute atomic E-state index is 12.6. The maximum atomic E-state index is 12.6. The van der Waals surface area contributed by atoms with Crippen molar-refractivity contribution < 1.29 is 24.2 Å². The second-order valence-electron chi connectivity index (χ2n) is 6.38. The average Bonchev–Trinajstić information content (AvgIpc) is 2.85. The Kier molecular flexibility index (Phi) is 4.38. The minimum atomic E-state index is -1.29. The van der Waals surface area contributed by atoms with Crippen molar-refractivity contribution in [2.75, 3.05) is 27.2 Å². The zero-order valence-electron chi connectivity index (χ0n) is 14.2. The van der Waals surface area contributed by atoms with Crippen molar-refractivity contribution >= 4 is 17.8 Å². The maximum Gasteiger partial charge on any atom is 0.324 e. The Morgan fingerprint density at radius 2 is 2.00 bits per heavy atom. The quantitative estimate of drug-likeness (QED) is 0.765. The topological polar surface area (TPSA) is 99.2 Å². The number of likely N-dealkylation sites (tertiary alicyclic amines) is 1. The molecular weight excluding hydrogens is 326 g/mol. The van der Waals surface area contributed by atoms with E-state index < -0.39 is 23.6 Å². The predicted molar refractivity (Wildman–Crippen MR) is 87.8 cm³/mol. The summed E-state index contributed by atoms with van der Waals surface area (Å²) < 4.78 is 5.11. The number of likely N-dealkylation sites (N-methyl/N-ethyl adjacent to an activating group) is 1. The van der Waals surface area contributed by atoms with E-state index in [2.05, 4.69) is 5.32 Å². The van der Waals surface area contributed by atoms with Gasteiger partial charge in [-0.3, -0.25) is 14.5 Å². The summed E-state index contributed by atoms with van der Waals surface area (Å²) in [6.07, 6.45) is -0.627. The van der Waals surface area contributed by atoms with E-state index in [4.69, 9.17) is 4.74 Å². The van der Waals surface area contributed by atoms with Gasteiger partial charge in [0.15, 0.2) is 6.10 Å². The fraction of sp³-hybridized carbons (Fsp3) is 0.471. The summed E-state index contributed by atoms with van der Waals surface area (Å²) in [6, 6.07) is 6.30. The molecule has 0 aliphatic carbocycles. The lowest BCUT2D eigenvalue weighted by molar-refractivity contribution is -0.144. The van der Waals surface area contributed by atoms with Crippen LogP contribution in [0.25, 0.3) is 0 Å². The molecular formula is C17H21N3O5. The summed E-state index contributed by atoms with van der Waals surface area (Å²) >= 11 is 0. The molecule has 8 heteroatoms. The van der Waals surface area contributed by atoms with Gasteiger partial charge in [-0.2, -0.15) is 0 Å². The number of aliphatic hydroxyl groups excluding tert-OH is 1. The van der Waals surface area contributed by atoms with Crippen molar-refractivity contribution in [1.82, 2.24) is 15.1 Å². The summed E-state index contributed by atoms with van der Waals surface area (Å²) in [5, 5.41) is 13.1. The number of benzene rings is 1. The molecule has 2 N–H and O–H groups in total. The van der Waals surface area contributed by atoms with Crippen LogP contribution in [0.15, 0.2) is 24.3 Å². The minimum absolute atomic E-state index is 0.266. The third-order valence-electron chi connectivity index (χ3n) is 4.94. The van der Waals surface area contributed by atoms with Crippen LogP contribution in [0.3, 0.4) is 0 Å². The van der Waals surface area contributed by atoms with Gasteiger partial charge in [0, 0.05) is 20.1 Å². The van der Waals surface area contributed by atoms with E-state index in [1.807, 2.05) is 0 Å². The Labute approximate surface area is 145 Å². The lowest BCUT2D eigenvalue weighted by Crippen LogP contribution is -2.56. The molecule has 8 nitrogen and oxygen atoms in total. The molecule has 2 aliphatic heterocycles. The Bertz CT molecular complexity index is 712. The van der Waals surface area contributed by atoms with Gasteiger partial charge in [-0.05, 0) is 30.5 Å². The Hall–Kier alpha value is -2.61. The van der Waals surface area contributed by atoms with Gasteiger partial charge in [0.2, 0.25) is 0 Å². The number of nitrogens with zero attached hydrogens (tertiary/aromatic N) is 2. The van der Waals surface area contributed by atoms with Crippen molar-refractivity contribution in [2.45, 2.75) is 24.5 Å². The molecule has 2 saturated heterocycles. The van der Waals surface area contributed by atoms with Crippen molar-refractivity contribution in [3.05, 3.63) is 29.8 Å². The molecule has 1 spiro atoms. The van der Waals surface area contributed by atoms with Crippen LogP contribution in [0, 0.1) is 0 Å². The number of piperidine rings is 1. The van der Waals surface area contributed by atoms with Crippen molar-refractivity contribution in [3.63, 3.8) is 0 Å². The molecule has 1 aromatic carbocycles. The lowest BCUT2D eigenvalue weighted by atomic mass is 9.87. The van der Waals surface area contributed by atoms with Crippen molar-refractivity contribution in [3.8, 4) is 5.75 Å². The molecule has 0 bridgehead atoms. The van der Waals surface area contributed by atoms with Gasteiger partial charge < -0.3 is 20.1 Å². The molecule has 1 unspecified atom stereocenters. The first-order valence-electron chi connectivity index (χ1n) is 8.09. The number of ether oxygens (including phenoxy) is 1. The highest BCUT2D eigenvalue weighted by atomic mass is 16.5. The first-order valence-corrected chi connectivity index (χ1v) is 8.09. The predicted octanol–water partition coefficient (Wildman–Crippen LogP) is 0.271. The number of nitrogens with one attached hydrogen (secondary N) is 1. The number of carbonyl (C=O) groups is 3. The highest BCUT2D eigenvalue weighted by Crippen LogP contribution is 2.30. The summed E-state index contributed by atoms with van der Waals surface area (Å²) in [5.41, 5.74) is -0.474. The zero-order chi connectivity index (χ0) is 18.2. The molecule has 1 atom stereocenters. The molecule has 2 fully saturated rings. The highest BCUT2D eigenvalue weighted by Gasteiger charge is 2.51. The third-order valence-corrected chi connectivity index (χ3v) is 4.94.